The number of anilines is 1. The highest BCUT2D eigenvalue weighted by Gasteiger charge is 2.58. The summed E-state index contributed by atoms with van der Waals surface area (Å²) >= 11 is 0. The van der Waals surface area contributed by atoms with E-state index in [1.807, 2.05) is 0 Å². The fourth-order valence-electron chi connectivity index (χ4n) is 7.95. The highest BCUT2D eigenvalue weighted by atomic mass is 19.1. The fraction of sp³-hybridized carbons (Fsp3) is 0.512. The van der Waals surface area contributed by atoms with E-state index >= 15 is 0 Å². The van der Waals surface area contributed by atoms with Crippen LogP contribution >= 0.6 is 0 Å². The summed E-state index contributed by atoms with van der Waals surface area (Å²) in [7, 11) is 0. The van der Waals surface area contributed by atoms with E-state index in [1.165, 1.54) is 42.2 Å². The van der Waals surface area contributed by atoms with Gasteiger partial charge in [-0.3, -0.25) is 28.8 Å². The van der Waals surface area contributed by atoms with Crippen LogP contribution < -0.4 is 10.6 Å². The average molecular weight is 773 g/mol. The maximum Gasteiger partial charge on any atom is 0.418 e. The topological polar surface area (TPSA) is 159 Å². The standard InChI is InChI=1S/C43H53FN4O8/c1-3-35(26-45-39(52)22-20-36(50)13-7-5-4-6-8-14-38(51)31-11-9-10-12-31)47(27-30-15-17-33(44)18-16-30)40(53)28-48-41(54)43(56-42(48)55)24-23-32-25-34(46-29(2)49)19-21-37(32)43/h3,15-19,21,25,31,35H,1,4-14,20,22-24,26-28H2,2H3,(H,45,52)(H,46,49)/t35-,43+/m0/s1. The van der Waals surface area contributed by atoms with Crippen molar-refractivity contribution >= 4 is 47.0 Å². The fourth-order valence-corrected chi connectivity index (χ4v) is 7.95. The van der Waals surface area contributed by atoms with Crippen LogP contribution in [-0.2, 0) is 52.1 Å². The van der Waals surface area contributed by atoms with Gasteiger partial charge in [0.25, 0.3) is 5.91 Å². The second-order valence-corrected chi connectivity index (χ2v) is 15.1. The maximum atomic E-state index is 14.0. The zero-order chi connectivity index (χ0) is 40.2. The number of carbonyl (C=O) groups excluding carboxylic acids is 7. The van der Waals surface area contributed by atoms with E-state index in [9.17, 15) is 38.0 Å². The number of benzene rings is 2. The van der Waals surface area contributed by atoms with E-state index in [4.69, 9.17) is 4.74 Å². The number of halogens is 1. The van der Waals surface area contributed by atoms with Gasteiger partial charge in [-0.1, -0.05) is 56.4 Å². The third-order valence-corrected chi connectivity index (χ3v) is 11.1. The molecule has 13 heteroatoms. The molecule has 2 fully saturated rings. The number of Topliss-reactive ketones (excluding diaryl/α,β-unsaturated/α-hetero) is 2. The SMILES string of the molecule is C=C[C@@H](CNC(=O)CCC(=O)CCCCCCCC(=O)C1CCCC1)N(Cc1ccc(F)cc1)C(=O)CN1C(=O)O[C@@]2(CCc3cc(NC(C)=O)ccc32)C1=O. The van der Waals surface area contributed by atoms with E-state index in [0.717, 1.165) is 68.3 Å². The molecule has 5 rings (SSSR count). The summed E-state index contributed by atoms with van der Waals surface area (Å²) in [6, 6.07) is 9.72. The number of ether oxygens (including phenoxy) is 1. The third kappa shape index (κ3) is 10.8. The van der Waals surface area contributed by atoms with Gasteiger partial charge in [0.2, 0.25) is 23.3 Å². The van der Waals surface area contributed by atoms with Gasteiger partial charge >= 0.3 is 6.09 Å². The zero-order valence-corrected chi connectivity index (χ0v) is 32.2. The molecule has 5 amide bonds. The van der Waals surface area contributed by atoms with Crippen molar-refractivity contribution in [3.63, 3.8) is 0 Å². The summed E-state index contributed by atoms with van der Waals surface area (Å²) in [6.45, 7) is 4.49. The maximum absolute atomic E-state index is 14.0. The second kappa shape index (κ2) is 19.6. The van der Waals surface area contributed by atoms with Gasteiger partial charge in [-0.25, -0.2) is 14.1 Å². The lowest BCUT2D eigenvalue weighted by Crippen LogP contribution is -2.50. The molecule has 2 atom stereocenters. The molecule has 1 saturated carbocycles. The van der Waals surface area contributed by atoms with Crippen molar-refractivity contribution < 1.29 is 42.7 Å². The number of hydrogen-bond donors (Lipinski definition) is 2. The van der Waals surface area contributed by atoms with Crippen molar-refractivity contribution in [3.05, 3.63) is 77.6 Å². The summed E-state index contributed by atoms with van der Waals surface area (Å²) < 4.78 is 19.4. The first-order valence-electron chi connectivity index (χ1n) is 19.8. The second-order valence-electron chi connectivity index (χ2n) is 15.1. The Bertz CT molecular complexity index is 1810. The molecule has 0 aromatic heterocycles. The van der Waals surface area contributed by atoms with Crippen LogP contribution in [0.1, 0.15) is 114 Å². The largest absolute Gasteiger partial charge is 0.427 e. The highest BCUT2D eigenvalue weighted by molar-refractivity contribution is 6.06. The predicted molar refractivity (Wildman–Crippen MR) is 206 cm³/mol. The Morgan fingerprint density at radius 3 is 2.36 bits per heavy atom. The number of carbonyl (C=O) groups is 7. The van der Waals surface area contributed by atoms with E-state index in [-0.39, 0.29) is 55.9 Å². The molecular formula is C43H53FN4O8. The molecule has 0 unspecified atom stereocenters. The van der Waals surface area contributed by atoms with Gasteiger partial charge in [0.05, 0.1) is 6.04 Å². The monoisotopic (exact) mass is 772 g/mol. The number of nitrogens with zero attached hydrogens (tertiary/aromatic N) is 2. The van der Waals surface area contributed by atoms with Crippen molar-refractivity contribution in [2.24, 2.45) is 5.92 Å². The van der Waals surface area contributed by atoms with E-state index in [1.54, 1.807) is 18.2 Å². The normalized spacial score (nSPS) is 18.1. The predicted octanol–water partition coefficient (Wildman–Crippen LogP) is 6.44. The van der Waals surface area contributed by atoms with Gasteiger partial charge in [-0.2, -0.15) is 0 Å². The number of nitrogens with one attached hydrogen (secondary N) is 2. The van der Waals surface area contributed by atoms with Crippen LogP contribution in [0.3, 0.4) is 0 Å². The molecule has 1 heterocycles. The van der Waals surface area contributed by atoms with Crippen molar-refractivity contribution in [3.8, 4) is 0 Å². The number of unbranched alkanes of at least 4 members (excludes halogenated alkanes) is 4. The molecule has 2 aromatic rings. The lowest BCUT2D eigenvalue weighted by molar-refractivity contribution is -0.142. The summed E-state index contributed by atoms with van der Waals surface area (Å²) in [5.41, 5.74) is 0.744. The zero-order valence-electron chi connectivity index (χ0n) is 32.2. The summed E-state index contributed by atoms with van der Waals surface area (Å²) in [6.07, 6.45) is 11.0. The molecule has 0 radical (unpaired) electrons. The Labute approximate surface area is 327 Å². The molecule has 2 aliphatic carbocycles. The molecule has 3 aliphatic rings. The van der Waals surface area contributed by atoms with Crippen LogP contribution in [0.4, 0.5) is 14.9 Å². The van der Waals surface area contributed by atoms with Gasteiger partial charge < -0.3 is 20.3 Å². The number of imide groups is 1. The quantitative estimate of drug-likeness (QED) is 0.108. The minimum absolute atomic E-state index is 0.0112. The van der Waals surface area contributed by atoms with Gasteiger partial charge in [-0.05, 0) is 67.5 Å². The first kappa shape index (κ1) is 42.0. The van der Waals surface area contributed by atoms with Gasteiger partial charge in [0.1, 0.15) is 23.9 Å². The number of hydrogen-bond acceptors (Lipinski definition) is 8. The van der Waals surface area contributed by atoms with E-state index < -0.39 is 41.9 Å². The molecule has 2 aromatic carbocycles. The highest BCUT2D eigenvalue weighted by Crippen LogP contribution is 2.46. The van der Waals surface area contributed by atoms with Crippen molar-refractivity contribution in [2.45, 2.75) is 121 Å². The van der Waals surface area contributed by atoms with Crippen molar-refractivity contribution in [1.82, 2.24) is 15.1 Å². The van der Waals surface area contributed by atoms with Crippen LogP contribution in [0.15, 0.2) is 55.1 Å². The number of aryl methyl sites for hydroxylation is 1. The van der Waals surface area contributed by atoms with Crippen LogP contribution in [-0.4, -0.2) is 70.2 Å². The number of amides is 5. The van der Waals surface area contributed by atoms with Crippen LogP contribution in [0.25, 0.3) is 0 Å². The minimum atomic E-state index is -1.59. The van der Waals surface area contributed by atoms with E-state index in [0.29, 0.717) is 41.9 Å². The van der Waals surface area contributed by atoms with Gasteiger partial charge in [0.15, 0.2) is 0 Å². The number of ketones is 2. The van der Waals surface area contributed by atoms with Gasteiger partial charge in [0, 0.05) is 69.3 Å². The van der Waals surface area contributed by atoms with Crippen LogP contribution in [0.5, 0.6) is 0 Å². The summed E-state index contributed by atoms with van der Waals surface area (Å²) in [4.78, 5) is 92.3. The molecule has 1 saturated heterocycles. The lowest BCUT2D eigenvalue weighted by Gasteiger charge is -2.31. The Hall–Kier alpha value is -5.20. The minimum Gasteiger partial charge on any atom is -0.427 e. The molecule has 56 heavy (non-hydrogen) atoms. The first-order valence-corrected chi connectivity index (χ1v) is 19.8. The number of fused-ring (bicyclic) bond motifs is 2. The van der Waals surface area contributed by atoms with Crippen molar-refractivity contribution in [2.75, 3.05) is 18.4 Å². The molecular weight excluding hydrogens is 719 g/mol. The smallest absolute Gasteiger partial charge is 0.418 e. The van der Waals surface area contributed by atoms with Crippen LogP contribution in [0.2, 0.25) is 0 Å². The molecule has 300 valence electrons. The first-order chi connectivity index (χ1) is 26.9. The molecule has 0 bridgehead atoms. The lowest BCUT2D eigenvalue weighted by atomic mass is 9.94. The molecule has 2 N–H and O–H groups in total. The number of rotatable bonds is 21. The molecule has 12 nitrogen and oxygen atoms in total. The molecule has 1 aliphatic heterocycles. The average Bonchev–Trinajstić information content (AvgIpc) is 3.90. The van der Waals surface area contributed by atoms with Crippen molar-refractivity contribution in [1.29, 1.82) is 0 Å². The molecule has 1 spiro atoms. The summed E-state index contributed by atoms with van der Waals surface area (Å²) in [5.74, 6) is -1.75. The van der Waals surface area contributed by atoms with Crippen LogP contribution in [0, 0.1) is 11.7 Å². The summed E-state index contributed by atoms with van der Waals surface area (Å²) in [5, 5.41) is 5.48. The Morgan fingerprint density at radius 1 is 0.964 bits per heavy atom. The third-order valence-electron chi connectivity index (χ3n) is 11.1. The Balaban J connectivity index is 1.12. The Kier molecular flexibility index (Phi) is 14.7. The van der Waals surface area contributed by atoms with Gasteiger partial charge in [-0.15, -0.1) is 6.58 Å². The van der Waals surface area contributed by atoms with E-state index in [2.05, 4.69) is 17.2 Å². The Morgan fingerprint density at radius 2 is 1.66 bits per heavy atom.